The smallest absolute Gasteiger partial charge is 0.274 e. The van der Waals surface area contributed by atoms with Crippen LogP contribution in [-0.4, -0.2) is 32.0 Å². The van der Waals surface area contributed by atoms with Gasteiger partial charge in [-0.05, 0) is 43.4 Å². The molecule has 0 saturated heterocycles. The fourth-order valence-corrected chi connectivity index (χ4v) is 2.64. The zero-order valence-corrected chi connectivity index (χ0v) is 11.8. The Morgan fingerprint density at radius 3 is 2.86 bits per heavy atom. The third-order valence-corrected chi connectivity index (χ3v) is 4.16. The lowest BCUT2D eigenvalue weighted by atomic mass is 10.2. The third kappa shape index (κ3) is 2.68. The topological polar surface area (TPSA) is 61.9 Å². The van der Waals surface area contributed by atoms with Crippen LogP contribution in [0.4, 0.5) is 0 Å². The van der Waals surface area contributed by atoms with E-state index in [0.717, 1.165) is 24.1 Å². The lowest BCUT2D eigenvalue weighted by molar-refractivity contribution is 0.0723. The number of nitrogens with one attached hydrogen (secondary N) is 1. The summed E-state index contributed by atoms with van der Waals surface area (Å²) in [7, 11) is 0. The highest BCUT2D eigenvalue weighted by atomic mass is 16.2. The molecule has 1 N–H and O–H groups in total. The van der Waals surface area contributed by atoms with Crippen molar-refractivity contribution in [3.63, 3.8) is 0 Å². The molecule has 2 aliphatic rings. The maximum Gasteiger partial charge on any atom is 0.274 e. The van der Waals surface area contributed by atoms with E-state index in [9.17, 15) is 4.79 Å². The number of carbonyl (C=O) groups is 1. The summed E-state index contributed by atoms with van der Waals surface area (Å²) in [4.78, 5) is 18.8. The van der Waals surface area contributed by atoms with Crippen LogP contribution in [0, 0.1) is 0 Å². The summed E-state index contributed by atoms with van der Waals surface area (Å²) in [5.74, 6) is 0.622. The number of rotatable bonds is 5. The normalized spacial score (nSPS) is 17.7. The number of hydrogen-bond donors (Lipinski definition) is 1. The lowest BCUT2D eigenvalue weighted by Gasteiger charge is -2.21. The average molecular weight is 282 g/mol. The van der Waals surface area contributed by atoms with Gasteiger partial charge in [0.15, 0.2) is 0 Å². The van der Waals surface area contributed by atoms with Crippen LogP contribution < -0.4 is 0 Å². The Balaban J connectivity index is 1.53. The summed E-state index contributed by atoms with van der Waals surface area (Å²) in [5.41, 5.74) is 2.72. The van der Waals surface area contributed by atoms with Crippen molar-refractivity contribution in [2.45, 2.75) is 44.2 Å². The Hall–Kier alpha value is -2.17. The number of H-pyrrole nitrogens is 1. The van der Waals surface area contributed by atoms with Gasteiger partial charge in [-0.2, -0.15) is 5.10 Å². The van der Waals surface area contributed by atoms with Crippen molar-refractivity contribution in [2.75, 3.05) is 0 Å². The fourth-order valence-electron chi connectivity index (χ4n) is 2.64. The zero-order valence-electron chi connectivity index (χ0n) is 11.8. The van der Waals surface area contributed by atoms with E-state index in [1.165, 1.54) is 12.8 Å². The average Bonchev–Trinajstić information content (AvgIpc) is 3.44. The molecule has 5 nitrogen and oxygen atoms in total. The van der Waals surface area contributed by atoms with Gasteiger partial charge in [0.2, 0.25) is 0 Å². The van der Waals surface area contributed by atoms with E-state index in [1.54, 1.807) is 6.20 Å². The molecular weight excluding hydrogens is 264 g/mol. The van der Waals surface area contributed by atoms with E-state index in [1.807, 2.05) is 29.3 Å². The van der Waals surface area contributed by atoms with E-state index in [2.05, 4.69) is 15.2 Å². The minimum atomic E-state index is 0.0319. The molecule has 0 bridgehead atoms. The first-order valence-corrected chi connectivity index (χ1v) is 7.56. The van der Waals surface area contributed by atoms with E-state index < -0.39 is 0 Å². The molecule has 2 aromatic rings. The number of amides is 1. The van der Waals surface area contributed by atoms with Crippen molar-refractivity contribution < 1.29 is 4.79 Å². The molecule has 2 aliphatic carbocycles. The summed E-state index contributed by atoms with van der Waals surface area (Å²) in [5, 5.41) is 7.24. The van der Waals surface area contributed by atoms with Gasteiger partial charge in [0, 0.05) is 36.6 Å². The number of aromatic nitrogens is 3. The molecule has 5 heteroatoms. The van der Waals surface area contributed by atoms with Crippen molar-refractivity contribution in [1.29, 1.82) is 0 Å². The SMILES string of the molecule is O=C(c1cc(C2CC2)[nH]n1)N(Cc1cccnc1)C1CC1. The Morgan fingerprint density at radius 2 is 2.19 bits per heavy atom. The largest absolute Gasteiger partial charge is 0.330 e. The van der Waals surface area contributed by atoms with Gasteiger partial charge in [-0.1, -0.05) is 6.07 Å². The van der Waals surface area contributed by atoms with Gasteiger partial charge >= 0.3 is 0 Å². The van der Waals surface area contributed by atoms with Gasteiger partial charge < -0.3 is 4.90 Å². The van der Waals surface area contributed by atoms with Crippen molar-refractivity contribution >= 4 is 5.91 Å². The molecule has 0 radical (unpaired) electrons. The highest BCUT2D eigenvalue weighted by Gasteiger charge is 2.35. The molecule has 2 aromatic heterocycles. The van der Waals surface area contributed by atoms with Crippen LogP contribution in [-0.2, 0) is 6.54 Å². The maximum atomic E-state index is 12.7. The molecule has 2 saturated carbocycles. The summed E-state index contributed by atoms with van der Waals surface area (Å²) in [6.07, 6.45) is 8.17. The molecule has 0 spiro atoms. The number of carbonyl (C=O) groups excluding carboxylic acids is 1. The Bertz CT molecular complexity index is 643. The van der Waals surface area contributed by atoms with Crippen LogP contribution in [0.3, 0.4) is 0 Å². The van der Waals surface area contributed by atoms with Crippen LogP contribution in [0.1, 0.15) is 53.3 Å². The van der Waals surface area contributed by atoms with Crippen LogP contribution in [0.2, 0.25) is 0 Å². The first kappa shape index (κ1) is 12.6. The Morgan fingerprint density at radius 1 is 1.33 bits per heavy atom. The van der Waals surface area contributed by atoms with Gasteiger partial charge in [0.25, 0.3) is 5.91 Å². The molecule has 2 heterocycles. The van der Waals surface area contributed by atoms with Crippen molar-refractivity contribution in [1.82, 2.24) is 20.1 Å². The highest BCUT2D eigenvalue weighted by molar-refractivity contribution is 5.92. The van der Waals surface area contributed by atoms with E-state index in [-0.39, 0.29) is 5.91 Å². The molecule has 2 fully saturated rings. The molecule has 1 amide bonds. The Labute approximate surface area is 123 Å². The van der Waals surface area contributed by atoms with Crippen molar-refractivity contribution in [2.24, 2.45) is 0 Å². The summed E-state index contributed by atoms with van der Waals surface area (Å²) in [6.45, 7) is 0.614. The second-order valence-corrected chi connectivity index (χ2v) is 6.01. The van der Waals surface area contributed by atoms with Crippen molar-refractivity contribution in [3.8, 4) is 0 Å². The minimum absolute atomic E-state index is 0.0319. The van der Waals surface area contributed by atoms with E-state index in [4.69, 9.17) is 0 Å². The number of aromatic amines is 1. The van der Waals surface area contributed by atoms with Gasteiger partial charge in [0.05, 0.1) is 0 Å². The van der Waals surface area contributed by atoms with Gasteiger partial charge in [-0.15, -0.1) is 0 Å². The predicted molar refractivity (Wildman–Crippen MR) is 77.7 cm³/mol. The highest BCUT2D eigenvalue weighted by Crippen LogP contribution is 2.39. The molecule has 0 aliphatic heterocycles. The molecule has 0 aromatic carbocycles. The fraction of sp³-hybridized carbons (Fsp3) is 0.438. The molecule has 108 valence electrons. The van der Waals surface area contributed by atoms with Gasteiger partial charge in [-0.25, -0.2) is 0 Å². The first-order valence-electron chi connectivity index (χ1n) is 7.56. The minimum Gasteiger partial charge on any atom is -0.330 e. The monoisotopic (exact) mass is 282 g/mol. The molecule has 21 heavy (non-hydrogen) atoms. The summed E-state index contributed by atoms with van der Waals surface area (Å²) < 4.78 is 0. The van der Waals surface area contributed by atoms with Gasteiger partial charge in [-0.3, -0.25) is 14.9 Å². The second kappa shape index (κ2) is 4.98. The van der Waals surface area contributed by atoms with E-state index in [0.29, 0.717) is 24.2 Å². The number of pyridine rings is 1. The molecule has 0 unspecified atom stereocenters. The number of nitrogens with zero attached hydrogens (tertiary/aromatic N) is 3. The summed E-state index contributed by atoms with van der Waals surface area (Å²) in [6, 6.07) is 6.21. The van der Waals surface area contributed by atoms with Crippen LogP contribution in [0.25, 0.3) is 0 Å². The maximum absolute atomic E-state index is 12.7. The predicted octanol–water partition coefficient (Wildman–Crippen LogP) is 2.49. The van der Waals surface area contributed by atoms with E-state index >= 15 is 0 Å². The first-order chi connectivity index (χ1) is 10.3. The molecule has 4 rings (SSSR count). The van der Waals surface area contributed by atoms with Crippen LogP contribution >= 0.6 is 0 Å². The molecule has 0 atom stereocenters. The van der Waals surface area contributed by atoms with Gasteiger partial charge in [0.1, 0.15) is 5.69 Å². The lowest BCUT2D eigenvalue weighted by Crippen LogP contribution is -2.32. The third-order valence-electron chi connectivity index (χ3n) is 4.16. The number of hydrogen-bond acceptors (Lipinski definition) is 3. The summed E-state index contributed by atoms with van der Waals surface area (Å²) >= 11 is 0. The van der Waals surface area contributed by atoms with Crippen molar-refractivity contribution in [3.05, 3.63) is 47.5 Å². The quantitative estimate of drug-likeness (QED) is 0.916. The standard InChI is InChI=1S/C16H18N4O/c21-16(15-8-14(18-19-15)12-3-4-12)20(13-5-6-13)10-11-2-1-7-17-9-11/h1-2,7-9,12-13H,3-6,10H2,(H,18,19). The molecular formula is C16H18N4O. The van der Waals surface area contributed by atoms with Crippen LogP contribution in [0.5, 0.6) is 0 Å². The van der Waals surface area contributed by atoms with Crippen LogP contribution in [0.15, 0.2) is 30.6 Å². The zero-order chi connectivity index (χ0) is 14.2. The Kier molecular flexibility index (Phi) is 2.98. The second-order valence-electron chi connectivity index (χ2n) is 6.01.